The lowest BCUT2D eigenvalue weighted by atomic mass is 10.2. The Kier molecular flexibility index (Phi) is 9.07. The third-order valence-electron chi connectivity index (χ3n) is 3.54. The van der Waals surface area contributed by atoms with Crippen LogP contribution in [0.25, 0.3) is 0 Å². The normalized spacial score (nSPS) is 11.6. The fourth-order valence-corrected chi connectivity index (χ4v) is 2.15. The van der Waals surface area contributed by atoms with E-state index in [4.69, 9.17) is 15.9 Å². The molecule has 0 aromatic heterocycles. The highest BCUT2D eigenvalue weighted by molar-refractivity contribution is 7.99. The van der Waals surface area contributed by atoms with Crippen molar-refractivity contribution in [2.45, 2.75) is 32.1 Å². The second kappa shape index (κ2) is 10.8. The van der Waals surface area contributed by atoms with Crippen LogP contribution in [0.3, 0.4) is 0 Å². The Balaban J connectivity index is 2.82. The largest absolute Gasteiger partial charge is 0.493 e. The van der Waals surface area contributed by atoms with E-state index in [0.29, 0.717) is 18.0 Å². The molecule has 0 amide bonds. The van der Waals surface area contributed by atoms with E-state index in [1.54, 1.807) is 7.11 Å². The molecule has 5 nitrogen and oxygen atoms in total. The van der Waals surface area contributed by atoms with Crippen LogP contribution in [0.4, 0.5) is 0 Å². The first-order valence-corrected chi connectivity index (χ1v) is 9.48. The Labute approximate surface area is 156 Å². The number of rotatable bonds is 9. The number of nitrogens with one attached hydrogen (secondary N) is 2. The molecule has 0 saturated heterocycles. The molecule has 2 N–H and O–H groups in total. The second-order valence-corrected chi connectivity index (χ2v) is 7.50. The van der Waals surface area contributed by atoms with E-state index >= 15 is 0 Å². The zero-order chi connectivity index (χ0) is 18.7. The van der Waals surface area contributed by atoms with Gasteiger partial charge in [0.1, 0.15) is 6.61 Å². The summed E-state index contributed by atoms with van der Waals surface area (Å²) in [5.41, 5.74) is 1.02. The molecule has 1 rings (SSSR count). The molecule has 0 unspecified atom stereocenters. The minimum Gasteiger partial charge on any atom is -0.493 e. The van der Waals surface area contributed by atoms with Gasteiger partial charge in [-0.25, -0.2) is 4.99 Å². The lowest BCUT2D eigenvalue weighted by Gasteiger charge is -2.23. The van der Waals surface area contributed by atoms with Crippen molar-refractivity contribution in [3.05, 3.63) is 23.8 Å². The first-order valence-electron chi connectivity index (χ1n) is 8.26. The first kappa shape index (κ1) is 21.0. The van der Waals surface area contributed by atoms with Crippen LogP contribution in [0.15, 0.2) is 23.2 Å². The van der Waals surface area contributed by atoms with Gasteiger partial charge in [-0.2, -0.15) is 11.8 Å². The van der Waals surface area contributed by atoms with Crippen LogP contribution in [-0.2, 0) is 6.54 Å². The predicted octanol–water partition coefficient (Wildman–Crippen LogP) is 2.90. The summed E-state index contributed by atoms with van der Waals surface area (Å²) in [5.74, 6) is 4.56. The Hall–Kier alpha value is -2.00. The van der Waals surface area contributed by atoms with Gasteiger partial charge in [0.2, 0.25) is 0 Å². The number of methoxy groups -OCH3 is 1. The molecular formula is C19H29N3O2S. The van der Waals surface area contributed by atoms with Gasteiger partial charge < -0.3 is 20.1 Å². The molecule has 1 aromatic rings. The van der Waals surface area contributed by atoms with Crippen LogP contribution in [0.5, 0.6) is 11.5 Å². The summed E-state index contributed by atoms with van der Waals surface area (Å²) in [6, 6.07) is 5.75. The van der Waals surface area contributed by atoms with Crippen molar-refractivity contribution in [1.82, 2.24) is 10.6 Å². The lowest BCUT2D eigenvalue weighted by molar-refractivity contribution is 0.330. The monoisotopic (exact) mass is 363 g/mol. The molecule has 0 atom stereocenters. The minimum absolute atomic E-state index is 0.145. The van der Waals surface area contributed by atoms with Gasteiger partial charge >= 0.3 is 0 Å². The van der Waals surface area contributed by atoms with Crippen molar-refractivity contribution in [1.29, 1.82) is 0 Å². The number of hydrogen-bond donors (Lipinski definition) is 2. The topological polar surface area (TPSA) is 54.9 Å². The average Bonchev–Trinajstić information content (AvgIpc) is 2.62. The van der Waals surface area contributed by atoms with Crippen molar-refractivity contribution in [3.63, 3.8) is 0 Å². The summed E-state index contributed by atoms with van der Waals surface area (Å²) in [4.78, 5) is 4.65. The molecule has 0 radical (unpaired) electrons. The SMILES string of the molecule is C#CCOc1cc(CN=C(NCC)NCC(C)(C)SC)ccc1OC. The molecule has 6 heteroatoms. The van der Waals surface area contributed by atoms with Gasteiger partial charge in [-0.05, 0) is 44.7 Å². The number of ether oxygens (including phenoxy) is 2. The van der Waals surface area contributed by atoms with Crippen LogP contribution < -0.4 is 20.1 Å². The number of guanidine groups is 1. The fourth-order valence-electron chi connectivity index (χ4n) is 1.93. The number of hydrogen-bond acceptors (Lipinski definition) is 4. The minimum atomic E-state index is 0.145. The molecule has 0 saturated carbocycles. The molecule has 0 fully saturated rings. The summed E-state index contributed by atoms with van der Waals surface area (Å²) >= 11 is 1.82. The standard InChI is InChI=1S/C19H29N3O2S/c1-7-11-24-17-12-15(9-10-16(17)23-5)13-21-18(20-8-2)22-14-19(3,4)25-6/h1,9-10,12H,8,11,13-14H2,2-6H3,(H2,20,21,22). The Morgan fingerprint density at radius 1 is 1.32 bits per heavy atom. The van der Waals surface area contributed by atoms with Crippen molar-refractivity contribution in [3.8, 4) is 23.8 Å². The highest BCUT2D eigenvalue weighted by Crippen LogP contribution is 2.28. The molecule has 0 heterocycles. The van der Waals surface area contributed by atoms with Crippen molar-refractivity contribution in [2.75, 3.05) is 33.1 Å². The molecule has 0 spiro atoms. The van der Waals surface area contributed by atoms with Crippen molar-refractivity contribution < 1.29 is 9.47 Å². The van der Waals surface area contributed by atoms with E-state index in [0.717, 1.165) is 24.6 Å². The molecule has 0 aliphatic heterocycles. The molecule has 1 aromatic carbocycles. The maximum atomic E-state index is 5.54. The van der Waals surface area contributed by atoms with E-state index in [2.05, 4.69) is 48.6 Å². The molecule has 25 heavy (non-hydrogen) atoms. The Morgan fingerprint density at radius 3 is 2.68 bits per heavy atom. The number of nitrogens with zero attached hydrogens (tertiary/aromatic N) is 1. The van der Waals surface area contributed by atoms with Crippen molar-refractivity contribution in [2.24, 2.45) is 4.99 Å². The smallest absolute Gasteiger partial charge is 0.191 e. The maximum absolute atomic E-state index is 5.54. The van der Waals surface area contributed by atoms with E-state index < -0.39 is 0 Å². The van der Waals surface area contributed by atoms with E-state index in [-0.39, 0.29) is 11.4 Å². The van der Waals surface area contributed by atoms with Gasteiger partial charge in [-0.1, -0.05) is 12.0 Å². The number of benzene rings is 1. The third-order valence-corrected chi connectivity index (χ3v) is 4.79. The zero-order valence-corrected chi connectivity index (χ0v) is 16.6. The fraction of sp³-hybridized carbons (Fsp3) is 0.526. The maximum Gasteiger partial charge on any atom is 0.191 e. The lowest BCUT2D eigenvalue weighted by Crippen LogP contribution is -2.43. The van der Waals surface area contributed by atoms with Crippen LogP contribution >= 0.6 is 11.8 Å². The van der Waals surface area contributed by atoms with Gasteiger partial charge in [-0.3, -0.25) is 0 Å². The summed E-state index contributed by atoms with van der Waals surface area (Å²) in [6.45, 7) is 8.84. The summed E-state index contributed by atoms with van der Waals surface area (Å²) in [7, 11) is 1.61. The van der Waals surface area contributed by atoms with Crippen LogP contribution in [0, 0.1) is 12.3 Å². The molecule has 138 valence electrons. The van der Waals surface area contributed by atoms with Gasteiger partial charge in [0, 0.05) is 17.8 Å². The zero-order valence-electron chi connectivity index (χ0n) is 15.8. The Morgan fingerprint density at radius 2 is 2.08 bits per heavy atom. The predicted molar refractivity (Wildman–Crippen MR) is 108 cm³/mol. The highest BCUT2D eigenvalue weighted by Gasteiger charge is 2.16. The second-order valence-electron chi connectivity index (χ2n) is 5.99. The summed E-state index contributed by atoms with van der Waals surface area (Å²) < 4.78 is 11.0. The highest BCUT2D eigenvalue weighted by atomic mass is 32.2. The number of aliphatic imine (C=N–C) groups is 1. The summed E-state index contributed by atoms with van der Waals surface area (Å²) in [5, 5.41) is 6.66. The molecule has 0 bridgehead atoms. The van der Waals surface area contributed by atoms with Gasteiger partial charge in [0.05, 0.1) is 13.7 Å². The van der Waals surface area contributed by atoms with E-state index in [1.165, 1.54) is 0 Å². The van der Waals surface area contributed by atoms with Gasteiger partial charge in [0.25, 0.3) is 0 Å². The van der Waals surface area contributed by atoms with Crippen molar-refractivity contribution >= 4 is 17.7 Å². The number of thioether (sulfide) groups is 1. The molecule has 0 aliphatic rings. The van der Waals surface area contributed by atoms with Crippen LogP contribution in [-0.4, -0.2) is 43.8 Å². The van der Waals surface area contributed by atoms with E-state index in [1.807, 2.05) is 30.0 Å². The van der Waals surface area contributed by atoms with E-state index in [9.17, 15) is 0 Å². The Bertz CT molecular complexity index is 609. The van der Waals surface area contributed by atoms with Gasteiger partial charge in [0.15, 0.2) is 17.5 Å². The summed E-state index contributed by atoms with van der Waals surface area (Å²) in [6.07, 6.45) is 7.37. The average molecular weight is 364 g/mol. The third kappa shape index (κ3) is 7.61. The van der Waals surface area contributed by atoms with Gasteiger partial charge in [-0.15, -0.1) is 6.42 Å². The quantitative estimate of drug-likeness (QED) is 0.401. The number of terminal acetylenes is 1. The van der Waals surface area contributed by atoms with Crippen LogP contribution in [0.1, 0.15) is 26.3 Å². The van der Waals surface area contributed by atoms with Crippen LogP contribution in [0.2, 0.25) is 0 Å². The molecular weight excluding hydrogens is 334 g/mol. The molecule has 0 aliphatic carbocycles. The first-order chi connectivity index (χ1) is 12.0.